The van der Waals surface area contributed by atoms with Crippen molar-refractivity contribution in [1.82, 2.24) is 0 Å². The molecule has 0 radical (unpaired) electrons. The number of phenolic OH excluding ortho intramolecular Hbond substituents is 3. The maximum absolute atomic E-state index is 11.7. The van der Waals surface area contributed by atoms with Gasteiger partial charge in [0.05, 0.1) is 6.10 Å². The lowest BCUT2D eigenvalue weighted by Gasteiger charge is -2.04. The number of phenols is 3. The van der Waals surface area contributed by atoms with Gasteiger partial charge in [0.25, 0.3) is 0 Å². The van der Waals surface area contributed by atoms with Crippen molar-refractivity contribution in [3.63, 3.8) is 0 Å². The summed E-state index contributed by atoms with van der Waals surface area (Å²) < 4.78 is 10.8. The highest BCUT2D eigenvalue weighted by Gasteiger charge is 2.14. The Bertz CT molecular complexity index is 997. The predicted molar refractivity (Wildman–Crippen MR) is 96.9 cm³/mol. The van der Waals surface area contributed by atoms with E-state index >= 15 is 0 Å². The molecule has 0 spiro atoms. The van der Waals surface area contributed by atoms with Crippen molar-refractivity contribution in [2.75, 3.05) is 0 Å². The first-order chi connectivity index (χ1) is 12.3. The van der Waals surface area contributed by atoms with Gasteiger partial charge in [-0.2, -0.15) is 0 Å². The number of aromatic hydroxyl groups is 3. The molecule has 0 aliphatic carbocycles. The van der Waals surface area contributed by atoms with E-state index in [1.54, 1.807) is 38.1 Å². The maximum Gasteiger partial charge on any atom is 0.331 e. The predicted octanol–water partition coefficient (Wildman–Crippen LogP) is 4.18. The van der Waals surface area contributed by atoms with Gasteiger partial charge in [-0.1, -0.05) is 6.07 Å². The van der Waals surface area contributed by atoms with E-state index in [4.69, 9.17) is 9.15 Å². The first-order valence-corrected chi connectivity index (χ1v) is 8.01. The van der Waals surface area contributed by atoms with Crippen molar-refractivity contribution in [2.24, 2.45) is 0 Å². The maximum atomic E-state index is 11.7. The van der Waals surface area contributed by atoms with E-state index in [9.17, 15) is 20.1 Å². The van der Waals surface area contributed by atoms with E-state index in [0.717, 1.165) is 0 Å². The molecule has 0 unspecified atom stereocenters. The summed E-state index contributed by atoms with van der Waals surface area (Å²) in [6, 6.07) is 9.11. The number of fused-ring (bicyclic) bond motifs is 1. The third-order valence-corrected chi connectivity index (χ3v) is 3.71. The van der Waals surface area contributed by atoms with Gasteiger partial charge in [0.1, 0.15) is 5.76 Å². The zero-order valence-electron chi connectivity index (χ0n) is 14.3. The molecule has 0 saturated carbocycles. The zero-order valence-corrected chi connectivity index (χ0v) is 14.3. The molecule has 6 nitrogen and oxygen atoms in total. The van der Waals surface area contributed by atoms with Crippen molar-refractivity contribution in [3.05, 3.63) is 48.0 Å². The molecule has 0 aliphatic rings. The lowest BCUT2D eigenvalue weighted by molar-refractivity contribution is -0.141. The minimum Gasteiger partial charge on any atom is -0.504 e. The van der Waals surface area contributed by atoms with Crippen LogP contribution in [0.1, 0.15) is 19.4 Å². The Hall–Kier alpha value is -3.41. The van der Waals surface area contributed by atoms with Crippen LogP contribution in [0.4, 0.5) is 0 Å². The second-order valence-corrected chi connectivity index (χ2v) is 6.05. The number of benzene rings is 2. The smallest absolute Gasteiger partial charge is 0.331 e. The molecule has 1 aromatic heterocycles. The van der Waals surface area contributed by atoms with Crippen LogP contribution in [0.5, 0.6) is 17.2 Å². The summed E-state index contributed by atoms with van der Waals surface area (Å²) in [4.78, 5) is 11.7. The van der Waals surface area contributed by atoms with Crippen LogP contribution in [0, 0.1) is 0 Å². The summed E-state index contributed by atoms with van der Waals surface area (Å²) in [5.41, 5.74) is 1.45. The van der Waals surface area contributed by atoms with Gasteiger partial charge in [0.15, 0.2) is 22.8 Å². The molecule has 3 rings (SSSR count). The standard InChI is InChI=1S/C20H18O6/c1-11(2)25-19(24)8-5-12-3-7-16(22)20-14(12)10-18(26-20)13-4-6-15(21)17(23)9-13/h3-11,21-23H,1-2H3/b8-5+. The van der Waals surface area contributed by atoms with Gasteiger partial charge in [-0.05, 0) is 55.8 Å². The molecule has 134 valence electrons. The van der Waals surface area contributed by atoms with Crippen LogP contribution in [0.3, 0.4) is 0 Å². The zero-order chi connectivity index (χ0) is 18.8. The molecular formula is C20H18O6. The number of rotatable bonds is 4. The number of carbonyl (C=O) groups excluding carboxylic acids is 1. The topological polar surface area (TPSA) is 100 Å². The summed E-state index contributed by atoms with van der Waals surface area (Å²) in [6.45, 7) is 3.53. The fourth-order valence-corrected chi connectivity index (χ4v) is 2.52. The van der Waals surface area contributed by atoms with E-state index in [0.29, 0.717) is 22.3 Å². The SMILES string of the molecule is CC(C)OC(=O)/C=C/c1ccc(O)c2oc(-c3ccc(O)c(O)c3)cc12. The van der Waals surface area contributed by atoms with E-state index in [1.807, 2.05) is 0 Å². The van der Waals surface area contributed by atoms with Gasteiger partial charge in [-0.15, -0.1) is 0 Å². The Labute approximate surface area is 149 Å². The van der Waals surface area contributed by atoms with Gasteiger partial charge in [0, 0.05) is 17.0 Å². The molecule has 0 saturated heterocycles. The van der Waals surface area contributed by atoms with E-state index in [-0.39, 0.29) is 28.9 Å². The molecule has 1 heterocycles. The van der Waals surface area contributed by atoms with E-state index < -0.39 is 5.97 Å². The Morgan fingerprint density at radius 2 is 1.77 bits per heavy atom. The summed E-state index contributed by atoms with van der Waals surface area (Å²) in [6.07, 6.45) is 2.68. The van der Waals surface area contributed by atoms with E-state index in [1.165, 1.54) is 24.3 Å². The van der Waals surface area contributed by atoms with Crippen molar-refractivity contribution in [3.8, 4) is 28.6 Å². The number of hydrogen-bond donors (Lipinski definition) is 3. The lowest BCUT2D eigenvalue weighted by Crippen LogP contribution is -2.08. The number of esters is 1. The Morgan fingerprint density at radius 1 is 1.04 bits per heavy atom. The van der Waals surface area contributed by atoms with Crippen molar-refractivity contribution in [2.45, 2.75) is 20.0 Å². The van der Waals surface area contributed by atoms with Gasteiger partial charge in [-0.3, -0.25) is 0 Å². The van der Waals surface area contributed by atoms with Crippen molar-refractivity contribution in [1.29, 1.82) is 0 Å². The number of furan rings is 1. The van der Waals surface area contributed by atoms with Gasteiger partial charge >= 0.3 is 5.97 Å². The second-order valence-electron chi connectivity index (χ2n) is 6.05. The van der Waals surface area contributed by atoms with Crippen LogP contribution in [0.2, 0.25) is 0 Å². The minimum absolute atomic E-state index is 0.0452. The van der Waals surface area contributed by atoms with E-state index in [2.05, 4.69) is 0 Å². The Kier molecular flexibility index (Phi) is 4.58. The van der Waals surface area contributed by atoms with Gasteiger partial charge in [0.2, 0.25) is 0 Å². The molecule has 0 atom stereocenters. The number of hydrogen-bond acceptors (Lipinski definition) is 6. The van der Waals surface area contributed by atoms with Gasteiger partial charge < -0.3 is 24.5 Å². The highest BCUT2D eigenvalue weighted by molar-refractivity contribution is 5.97. The largest absolute Gasteiger partial charge is 0.504 e. The Balaban J connectivity index is 2.03. The molecule has 0 aliphatic heterocycles. The van der Waals surface area contributed by atoms with Crippen LogP contribution in [0.25, 0.3) is 28.4 Å². The summed E-state index contributed by atoms with van der Waals surface area (Å²) in [5, 5.41) is 29.7. The van der Waals surface area contributed by atoms with Crippen LogP contribution in [-0.2, 0) is 9.53 Å². The molecule has 6 heteroatoms. The molecule has 26 heavy (non-hydrogen) atoms. The molecule has 0 bridgehead atoms. The first-order valence-electron chi connectivity index (χ1n) is 8.01. The monoisotopic (exact) mass is 354 g/mol. The summed E-state index contributed by atoms with van der Waals surface area (Å²) >= 11 is 0. The van der Waals surface area contributed by atoms with Crippen LogP contribution in [-0.4, -0.2) is 27.4 Å². The average Bonchev–Trinajstić information content (AvgIpc) is 3.02. The lowest BCUT2D eigenvalue weighted by atomic mass is 10.1. The fraction of sp³-hybridized carbons (Fsp3) is 0.150. The average molecular weight is 354 g/mol. The molecule has 3 aromatic rings. The normalized spacial score (nSPS) is 11.5. The molecule has 0 amide bonds. The molecule has 0 fully saturated rings. The highest BCUT2D eigenvalue weighted by Crippen LogP contribution is 2.37. The molecule has 3 N–H and O–H groups in total. The summed E-state index contributed by atoms with van der Waals surface area (Å²) in [7, 11) is 0. The third kappa shape index (κ3) is 3.49. The third-order valence-electron chi connectivity index (χ3n) is 3.71. The van der Waals surface area contributed by atoms with Crippen LogP contribution < -0.4 is 0 Å². The number of ether oxygens (including phenoxy) is 1. The van der Waals surface area contributed by atoms with Gasteiger partial charge in [-0.25, -0.2) is 4.79 Å². The van der Waals surface area contributed by atoms with Crippen molar-refractivity contribution >= 4 is 23.0 Å². The van der Waals surface area contributed by atoms with Crippen LogP contribution >= 0.6 is 0 Å². The first kappa shape index (κ1) is 17.4. The fourth-order valence-electron chi connectivity index (χ4n) is 2.52. The van der Waals surface area contributed by atoms with Crippen molar-refractivity contribution < 1.29 is 29.3 Å². The summed E-state index contributed by atoms with van der Waals surface area (Å²) in [5.74, 6) is -0.621. The molecular weight excluding hydrogens is 336 g/mol. The quantitative estimate of drug-likeness (QED) is 0.369. The van der Waals surface area contributed by atoms with Crippen LogP contribution in [0.15, 0.2) is 46.9 Å². The Morgan fingerprint density at radius 3 is 2.46 bits per heavy atom. The minimum atomic E-state index is -0.464. The molecule has 2 aromatic carbocycles. The second kappa shape index (κ2) is 6.84. The number of carbonyl (C=O) groups is 1. The highest BCUT2D eigenvalue weighted by atomic mass is 16.5.